The van der Waals surface area contributed by atoms with Crippen LogP contribution < -0.4 is 0 Å². The van der Waals surface area contributed by atoms with E-state index < -0.39 is 310 Å². The minimum absolute atomic E-state index is 0.550. The molecule has 4 nitrogen and oxygen atoms in total. The Bertz CT molecular complexity index is 5150. The molecule has 0 radical (unpaired) electrons. The maximum Gasteiger partial charge on any atom is 0.164 e. The zero-order valence-corrected chi connectivity index (χ0v) is 28.2. The Morgan fingerprint density at radius 2 is 0.842 bits per heavy atom. The van der Waals surface area contributed by atoms with Crippen LogP contribution in [0.15, 0.2) is 204 Å². The van der Waals surface area contributed by atoms with Gasteiger partial charge in [0.2, 0.25) is 0 Å². The van der Waals surface area contributed by atoms with E-state index in [9.17, 15) is 16.4 Å². The maximum absolute atomic E-state index is 9.87. The van der Waals surface area contributed by atoms with Crippen LogP contribution in [-0.4, -0.2) is 15.0 Å². The quantitative estimate of drug-likeness (QED) is 0.169. The van der Waals surface area contributed by atoms with Gasteiger partial charge in [0.25, 0.3) is 0 Å². The van der Waals surface area contributed by atoms with Gasteiger partial charge in [-0.3, -0.25) is 0 Å². The predicted octanol–water partition coefficient (Wildman–Crippen LogP) is 14.1. The van der Waals surface area contributed by atoms with Crippen LogP contribution in [0, 0.1) is 0 Å². The monoisotopic (exact) mass is 760 g/mol. The van der Waals surface area contributed by atoms with E-state index in [4.69, 9.17) is 33.2 Å². The van der Waals surface area contributed by atoms with Crippen LogP contribution in [0.5, 0.6) is 0 Å². The second kappa shape index (κ2) is 13.6. The van der Waals surface area contributed by atoms with E-state index >= 15 is 0 Å². The van der Waals surface area contributed by atoms with Crippen LogP contribution in [-0.2, 0) is 0 Å². The number of benzene rings is 9. The van der Waals surface area contributed by atoms with Crippen LogP contribution in [0.4, 0.5) is 0 Å². The lowest BCUT2D eigenvalue weighted by Gasteiger charge is -2.10. The second-order valence-electron chi connectivity index (χ2n) is 11.8. The molecule has 0 N–H and O–H groups in total. The first-order valence-corrected chi connectivity index (χ1v) is 16.5. The Kier molecular flexibility index (Phi) is 3.21. The highest BCUT2D eigenvalue weighted by Gasteiger charge is 2.18. The Morgan fingerprint density at radius 3 is 1.61 bits per heavy atom. The van der Waals surface area contributed by atoms with E-state index in [1.54, 1.807) is 0 Å². The topological polar surface area (TPSA) is 51.8 Å². The average molecular weight is 761 g/mol. The smallest absolute Gasteiger partial charge is 0.164 e. The summed E-state index contributed by atoms with van der Waals surface area (Å²) in [6.07, 6.45) is 0. The van der Waals surface area contributed by atoms with Gasteiger partial charge < -0.3 is 4.42 Å². The third kappa shape index (κ3) is 5.92. The number of rotatable bonds is 6. The molecule has 0 unspecified atom stereocenters. The summed E-state index contributed by atoms with van der Waals surface area (Å²) in [5.74, 6) is -2.78. The van der Waals surface area contributed by atoms with Gasteiger partial charge in [-0.15, -0.1) is 0 Å². The third-order valence-corrected chi connectivity index (χ3v) is 8.43. The van der Waals surface area contributed by atoms with Gasteiger partial charge in [-0.25, -0.2) is 15.0 Å². The first kappa shape index (κ1) is 13.5. The number of furan rings is 1. The van der Waals surface area contributed by atoms with Gasteiger partial charge in [-0.1, -0.05) is 169 Å². The molecule has 0 fully saturated rings. The average Bonchev–Trinajstić information content (AvgIpc) is 1.39. The van der Waals surface area contributed by atoms with E-state index in [1.165, 1.54) is 0 Å². The molecule has 9 aromatic carbocycles. The van der Waals surface area contributed by atoms with E-state index in [0.717, 1.165) is 0 Å². The van der Waals surface area contributed by atoms with Crippen molar-refractivity contribution in [1.29, 1.82) is 0 Å². The fourth-order valence-electron chi connectivity index (χ4n) is 5.86. The van der Waals surface area contributed by atoms with Crippen molar-refractivity contribution >= 4 is 43.5 Å². The molecule has 0 aliphatic carbocycles. The molecule has 0 amide bonds. The fraction of sp³-hybridized carbons (Fsp3) is 0. The van der Waals surface area contributed by atoms with Gasteiger partial charge in [-0.05, 0) is 79.8 Å². The molecule has 0 saturated heterocycles. The Morgan fingerprint density at radius 1 is 0.316 bits per heavy atom. The molecule has 0 aliphatic heterocycles. The van der Waals surface area contributed by atoms with Crippen molar-refractivity contribution in [1.82, 2.24) is 15.0 Å². The minimum atomic E-state index is -1.08. The SMILES string of the molecule is [2H]c1c([2H])c([2H])c(-c2nc(-c3c([2H])c([2H])c(-c4c([2H])c([2H])c5c([2H])c([2H])c([2H])c([2H])c5c4[2H])c([2H])c3[2H])nc(-c3c([2H])c([2H])c4c(oc5c6c([2H])c([2H])c([2H])c([2H])c6c(-c6c([2H])c([2H])c([2H])c(-c7c([2H])c([2H])c([2H])c([2H])c7[2H])c6[2H])c([2H])c54)c3[2H])n2)c([2H])c1[2H]. The summed E-state index contributed by atoms with van der Waals surface area (Å²) in [6.45, 7) is 0. The summed E-state index contributed by atoms with van der Waals surface area (Å²) >= 11 is 0. The molecule has 11 aromatic rings. The first-order valence-electron chi connectivity index (χ1n) is 33.0. The highest BCUT2D eigenvalue weighted by Crippen LogP contribution is 2.41. The fourth-order valence-corrected chi connectivity index (χ4v) is 5.86. The molecule has 2 heterocycles. The molecule has 11 rings (SSSR count). The number of hydrogen-bond donors (Lipinski definition) is 0. The highest BCUT2D eigenvalue weighted by atomic mass is 16.3. The van der Waals surface area contributed by atoms with Crippen LogP contribution in [0.25, 0.3) is 111 Å². The maximum atomic E-state index is 9.87. The van der Waals surface area contributed by atoms with Gasteiger partial charge in [0, 0.05) is 32.8 Å². The number of hydrogen-bond acceptors (Lipinski definition) is 4. The van der Waals surface area contributed by atoms with E-state index in [0.29, 0.717) is 0 Å². The number of aromatic nitrogens is 3. The van der Waals surface area contributed by atoms with Gasteiger partial charge in [-0.2, -0.15) is 0 Å². The van der Waals surface area contributed by atoms with E-state index in [2.05, 4.69) is 15.0 Å². The summed E-state index contributed by atoms with van der Waals surface area (Å²) in [6, 6.07) is -31.4. The highest BCUT2D eigenvalue weighted by molar-refractivity contribution is 6.19. The van der Waals surface area contributed by atoms with E-state index in [1.807, 2.05) is 0 Å². The molecule has 2 aromatic heterocycles. The summed E-state index contributed by atoms with van der Waals surface area (Å²) in [4.78, 5) is 12.9. The molecule has 0 bridgehead atoms. The van der Waals surface area contributed by atoms with Gasteiger partial charge >= 0.3 is 0 Å². The number of fused-ring (bicyclic) bond motifs is 6. The van der Waals surface area contributed by atoms with Crippen LogP contribution in [0.3, 0.4) is 0 Å². The Labute approximate surface area is 375 Å². The number of nitrogens with zero attached hydrogens (tertiary/aromatic N) is 3. The Balaban J connectivity index is 1.25. The van der Waals surface area contributed by atoms with Crippen molar-refractivity contribution in [3.8, 4) is 67.5 Å². The second-order valence-corrected chi connectivity index (χ2v) is 11.8. The lowest BCUT2D eigenvalue weighted by molar-refractivity contribution is 0.673. The summed E-state index contributed by atoms with van der Waals surface area (Å²) < 4.78 is 300. The summed E-state index contributed by atoms with van der Waals surface area (Å²) in [7, 11) is 0. The third-order valence-electron chi connectivity index (χ3n) is 8.43. The van der Waals surface area contributed by atoms with Crippen molar-refractivity contribution in [3.63, 3.8) is 0 Å². The largest absolute Gasteiger partial charge is 0.455 e. The predicted molar refractivity (Wildman–Crippen MR) is 235 cm³/mol. The summed E-state index contributed by atoms with van der Waals surface area (Å²) in [5.41, 5.74) is -8.80. The van der Waals surface area contributed by atoms with Crippen molar-refractivity contribution < 1.29 is 49.7 Å². The molecule has 0 saturated carbocycles. The zero-order chi connectivity index (χ0) is 66.4. The standard InChI is InChI=1S/C53H33N3O/c1-3-12-34(13-4-1)40-18-11-19-42(31-40)47-33-48-45-29-28-43(32-49(45)57-50(48)46-21-10-9-20-44(46)47)53-55-51(37-15-5-2-6-16-37)54-52(56-53)38-25-22-36(23-26-38)41-27-24-35-14-7-8-17-39(35)30-41/h1-33H/i1D,2D,3D,4D,5D,6D,7D,8D,9D,10D,11D,12D,13D,14D,15D,16D,17D,18D,19D,20D,21D,22D,23D,24D,25D,26D,27D,28D,29D,30D,31D,32D,33D. The molecule has 4 heteroatoms. The van der Waals surface area contributed by atoms with Crippen LogP contribution in [0.1, 0.15) is 45.2 Å². The van der Waals surface area contributed by atoms with Crippen molar-refractivity contribution in [2.45, 2.75) is 0 Å². The normalized spacial score (nSPS) is 19.6. The molecule has 266 valence electrons. The van der Waals surface area contributed by atoms with E-state index in [-0.39, 0.29) is 0 Å². The minimum Gasteiger partial charge on any atom is -0.455 e. The van der Waals surface area contributed by atoms with Gasteiger partial charge in [0.15, 0.2) is 17.5 Å². The molecule has 57 heavy (non-hydrogen) atoms. The van der Waals surface area contributed by atoms with Crippen LogP contribution in [0.2, 0.25) is 0 Å². The van der Waals surface area contributed by atoms with Gasteiger partial charge in [0.1, 0.15) is 11.2 Å². The molecular formula is C53H33N3O. The van der Waals surface area contributed by atoms with Crippen LogP contribution >= 0.6 is 0 Å². The van der Waals surface area contributed by atoms with Crippen molar-refractivity contribution in [3.05, 3.63) is 199 Å². The lowest BCUT2D eigenvalue weighted by Crippen LogP contribution is -2.00. The van der Waals surface area contributed by atoms with Crippen molar-refractivity contribution in [2.75, 3.05) is 0 Å². The van der Waals surface area contributed by atoms with Gasteiger partial charge in [0.05, 0.1) is 45.2 Å². The van der Waals surface area contributed by atoms with Crippen molar-refractivity contribution in [2.24, 2.45) is 0 Å². The molecule has 0 aliphatic rings. The first-order chi connectivity index (χ1) is 42.0. The molecule has 0 spiro atoms. The zero-order valence-electron chi connectivity index (χ0n) is 61.2. The lowest BCUT2D eigenvalue weighted by atomic mass is 9.93. The summed E-state index contributed by atoms with van der Waals surface area (Å²) in [5, 5.41) is -3.74. The molecule has 0 atom stereocenters. The molecular weight excluding hydrogens is 695 g/mol. The Hall–Kier alpha value is -7.69.